The quantitative estimate of drug-likeness (QED) is 0.328. The van der Waals surface area contributed by atoms with Crippen LogP contribution in [0.5, 0.6) is 0 Å². The van der Waals surface area contributed by atoms with Crippen molar-refractivity contribution in [2.75, 3.05) is 0 Å². The summed E-state index contributed by atoms with van der Waals surface area (Å²) in [5.74, 6) is -0.335. The second-order valence-corrected chi connectivity index (χ2v) is 3.78. The molecular formula is C17H18O2. The molecule has 0 heterocycles. The molecule has 0 unspecified atom stereocenters. The predicted molar refractivity (Wildman–Crippen MR) is 79.3 cm³/mol. The summed E-state index contributed by atoms with van der Waals surface area (Å²) < 4.78 is 4.95. The van der Waals surface area contributed by atoms with Crippen molar-refractivity contribution in [3.8, 4) is 0 Å². The average Bonchev–Trinajstić information content (AvgIpc) is 2.45. The zero-order valence-electron chi connectivity index (χ0n) is 11.1. The molecule has 0 amide bonds. The van der Waals surface area contributed by atoms with Crippen molar-refractivity contribution in [3.63, 3.8) is 0 Å². The molecule has 0 aromatic heterocycles. The molecule has 0 aliphatic rings. The maximum absolute atomic E-state index is 11.7. The maximum Gasteiger partial charge on any atom is 0.338 e. The second kappa shape index (κ2) is 8.70. The van der Waals surface area contributed by atoms with E-state index in [1.807, 2.05) is 49.4 Å². The number of allylic oxidation sites excluding steroid dienone is 4. The van der Waals surface area contributed by atoms with Crippen molar-refractivity contribution in [3.05, 3.63) is 78.6 Å². The number of carbonyl (C=O) groups is 1. The lowest BCUT2D eigenvalue weighted by Gasteiger charge is -2.00. The SMILES string of the molecule is C=CC=COC(=O)C(=CC=Cc1ccccc1)CC. The van der Waals surface area contributed by atoms with Gasteiger partial charge in [-0.25, -0.2) is 4.79 Å². The van der Waals surface area contributed by atoms with Gasteiger partial charge in [-0.1, -0.05) is 68.1 Å². The van der Waals surface area contributed by atoms with Gasteiger partial charge in [0, 0.05) is 5.57 Å². The Labute approximate surface area is 114 Å². The molecule has 0 fully saturated rings. The van der Waals surface area contributed by atoms with Crippen LogP contribution < -0.4 is 0 Å². The molecule has 0 N–H and O–H groups in total. The zero-order chi connectivity index (χ0) is 13.9. The molecule has 98 valence electrons. The summed E-state index contributed by atoms with van der Waals surface area (Å²) in [7, 11) is 0. The van der Waals surface area contributed by atoms with Gasteiger partial charge in [0.2, 0.25) is 0 Å². The normalized spacial score (nSPS) is 11.9. The molecule has 0 radical (unpaired) electrons. The van der Waals surface area contributed by atoms with Crippen LogP contribution >= 0.6 is 0 Å². The summed E-state index contributed by atoms with van der Waals surface area (Å²) in [5, 5.41) is 0. The lowest BCUT2D eigenvalue weighted by molar-refractivity contribution is -0.133. The van der Waals surface area contributed by atoms with Gasteiger partial charge in [0.25, 0.3) is 0 Å². The summed E-state index contributed by atoms with van der Waals surface area (Å²) in [6, 6.07) is 9.91. The lowest BCUT2D eigenvalue weighted by atomic mass is 10.1. The maximum atomic E-state index is 11.7. The summed E-state index contributed by atoms with van der Waals surface area (Å²) >= 11 is 0. The van der Waals surface area contributed by atoms with E-state index in [4.69, 9.17) is 4.74 Å². The van der Waals surface area contributed by atoms with E-state index < -0.39 is 0 Å². The Bertz CT molecular complexity index is 493. The Kier molecular flexibility index (Phi) is 6.73. The number of ether oxygens (including phenoxy) is 1. The lowest BCUT2D eigenvalue weighted by Crippen LogP contribution is -2.02. The van der Waals surface area contributed by atoms with Crippen molar-refractivity contribution in [2.45, 2.75) is 13.3 Å². The van der Waals surface area contributed by atoms with Crippen LogP contribution in [0.1, 0.15) is 18.9 Å². The zero-order valence-corrected chi connectivity index (χ0v) is 11.1. The molecule has 0 spiro atoms. The highest BCUT2D eigenvalue weighted by atomic mass is 16.5. The molecule has 0 saturated carbocycles. The molecule has 0 bridgehead atoms. The second-order valence-electron chi connectivity index (χ2n) is 3.78. The fourth-order valence-corrected chi connectivity index (χ4v) is 1.40. The molecule has 1 aromatic rings. The summed E-state index contributed by atoms with van der Waals surface area (Å²) in [5.41, 5.74) is 1.72. The van der Waals surface area contributed by atoms with E-state index >= 15 is 0 Å². The third kappa shape index (κ3) is 5.68. The van der Waals surface area contributed by atoms with Crippen LogP contribution in [0.2, 0.25) is 0 Å². The summed E-state index contributed by atoms with van der Waals surface area (Å²) in [4.78, 5) is 11.7. The van der Waals surface area contributed by atoms with Crippen LogP contribution in [0.15, 0.2) is 73.1 Å². The van der Waals surface area contributed by atoms with Gasteiger partial charge >= 0.3 is 5.97 Å². The van der Waals surface area contributed by atoms with Crippen LogP contribution in [0.3, 0.4) is 0 Å². The number of benzene rings is 1. The molecular weight excluding hydrogens is 236 g/mol. The molecule has 0 aliphatic carbocycles. The standard InChI is InChI=1S/C17H18O2/c1-3-5-14-19-17(18)16(4-2)13-9-12-15-10-7-6-8-11-15/h3,5-14H,1,4H2,2H3. The van der Waals surface area contributed by atoms with E-state index in [0.29, 0.717) is 12.0 Å². The van der Waals surface area contributed by atoms with Gasteiger partial charge in [0.15, 0.2) is 0 Å². The van der Waals surface area contributed by atoms with Crippen molar-refractivity contribution in [2.24, 2.45) is 0 Å². The largest absolute Gasteiger partial charge is 0.431 e. The minimum absolute atomic E-state index is 0.335. The van der Waals surface area contributed by atoms with Crippen molar-refractivity contribution >= 4 is 12.0 Å². The highest BCUT2D eigenvalue weighted by molar-refractivity contribution is 5.89. The molecule has 2 heteroatoms. The minimum Gasteiger partial charge on any atom is -0.431 e. The third-order valence-electron chi connectivity index (χ3n) is 2.42. The predicted octanol–water partition coefficient (Wildman–Crippen LogP) is 4.28. The molecule has 1 aromatic carbocycles. The number of carbonyl (C=O) groups excluding carboxylic acids is 1. The molecule has 0 aliphatic heterocycles. The Balaban J connectivity index is 2.66. The molecule has 1 rings (SSSR count). The van der Waals surface area contributed by atoms with Crippen molar-refractivity contribution < 1.29 is 9.53 Å². The van der Waals surface area contributed by atoms with Crippen LogP contribution in [0.4, 0.5) is 0 Å². The fourth-order valence-electron chi connectivity index (χ4n) is 1.40. The van der Waals surface area contributed by atoms with Gasteiger partial charge in [-0.05, 0) is 18.1 Å². The van der Waals surface area contributed by atoms with Gasteiger partial charge in [-0.2, -0.15) is 0 Å². The molecule has 2 nitrogen and oxygen atoms in total. The topological polar surface area (TPSA) is 26.3 Å². The Hall–Kier alpha value is -2.35. The Morgan fingerprint density at radius 1 is 1.26 bits per heavy atom. The highest BCUT2D eigenvalue weighted by Gasteiger charge is 2.05. The van der Waals surface area contributed by atoms with Gasteiger partial charge in [0.1, 0.15) is 0 Å². The van der Waals surface area contributed by atoms with Crippen LogP contribution in [-0.4, -0.2) is 5.97 Å². The molecule has 0 saturated heterocycles. The first-order chi connectivity index (χ1) is 9.27. The van der Waals surface area contributed by atoms with Gasteiger partial charge in [-0.15, -0.1) is 0 Å². The van der Waals surface area contributed by atoms with E-state index in [1.54, 1.807) is 18.2 Å². The van der Waals surface area contributed by atoms with Gasteiger partial charge < -0.3 is 4.74 Å². The number of hydrogen-bond donors (Lipinski definition) is 0. The van der Waals surface area contributed by atoms with Crippen LogP contribution in [0, 0.1) is 0 Å². The monoisotopic (exact) mass is 254 g/mol. The van der Waals surface area contributed by atoms with E-state index in [-0.39, 0.29) is 5.97 Å². The number of hydrogen-bond acceptors (Lipinski definition) is 2. The number of rotatable bonds is 6. The third-order valence-corrected chi connectivity index (χ3v) is 2.42. The Morgan fingerprint density at radius 3 is 2.63 bits per heavy atom. The molecule has 0 atom stereocenters. The summed E-state index contributed by atoms with van der Waals surface area (Å²) in [6.07, 6.45) is 10.7. The molecule has 19 heavy (non-hydrogen) atoms. The first kappa shape index (κ1) is 14.7. The average molecular weight is 254 g/mol. The van der Waals surface area contributed by atoms with Crippen LogP contribution in [-0.2, 0) is 9.53 Å². The first-order valence-electron chi connectivity index (χ1n) is 6.18. The smallest absolute Gasteiger partial charge is 0.338 e. The number of esters is 1. The minimum atomic E-state index is -0.335. The summed E-state index contributed by atoms with van der Waals surface area (Å²) in [6.45, 7) is 5.42. The fraction of sp³-hybridized carbons (Fsp3) is 0.118. The van der Waals surface area contributed by atoms with E-state index in [2.05, 4.69) is 6.58 Å². The van der Waals surface area contributed by atoms with Crippen LogP contribution in [0.25, 0.3) is 6.08 Å². The van der Waals surface area contributed by atoms with Crippen molar-refractivity contribution in [1.29, 1.82) is 0 Å². The van der Waals surface area contributed by atoms with E-state index in [1.165, 1.54) is 6.26 Å². The van der Waals surface area contributed by atoms with Crippen molar-refractivity contribution in [1.82, 2.24) is 0 Å². The van der Waals surface area contributed by atoms with Gasteiger partial charge in [0.05, 0.1) is 6.26 Å². The Morgan fingerprint density at radius 2 is 2.00 bits per heavy atom. The van der Waals surface area contributed by atoms with E-state index in [0.717, 1.165) is 5.56 Å². The van der Waals surface area contributed by atoms with E-state index in [9.17, 15) is 4.79 Å². The first-order valence-corrected chi connectivity index (χ1v) is 6.18. The van der Waals surface area contributed by atoms with Gasteiger partial charge in [-0.3, -0.25) is 0 Å². The highest BCUT2D eigenvalue weighted by Crippen LogP contribution is 2.07.